The number of aliphatic hydroxyl groups excluding tert-OH is 1. The van der Waals surface area contributed by atoms with Gasteiger partial charge < -0.3 is 15.5 Å². The highest BCUT2D eigenvalue weighted by atomic mass is 16.4. The molecule has 1 atom stereocenters. The van der Waals surface area contributed by atoms with E-state index in [0.29, 0.717) is 29.7 Å². The van der Waals surface area contributed by atoms with Crippen LogP contribution in [-0.2, 0) is 0 Å². The second-order valence-corrected chi connectivity index (χ2v) is 4.65. The van der Waals surface area contributed by atoms with E-state index in [1.54, 1.807) is 30.3 Å². The number of carboxylic acid groups (broad SMARTS) is 1. The molecule has 2 aromatic rings. The summed E-state index contributed by atoms with van der Waals surface area (Å²) >= 11 is 0. The number of benzene rings is 1. The zero-order chi connectivity index (χ0) is 14.5. The molecule has 5 heteroatoms. The SMILES string of the molecule is CCC(O)CCNc1ccc2c(C(=O)O)cccc2n1. The van der Waals surface area contributed by atoms with E-state index in [1.165, 1.54) is 0 Å². The van der Waals surface area contributed by atoms with Crippen molar-refractivity contribution in [1.82, 2.24) is 4.98 Å². The number of pyridine rings is 1. The monoisotopic (exact) mass is 274 g/mol. The Morgan fingerprint density at radius 3 is 2.85 bits per heavy atom. The second-order valence-electron chi connectivity index (χ2n) is 4.65. The van der Waals surface area contributed by atoms with E-state index in [1.807, 2.05) is 6.92 Å². The molecular weight excluding hydrogens is 256 g/mol. The van der Waals surface area contributed by atoms with Crippen LogP contribution in [-0.4, -0.2) is 33.8 Å². The number of hydrogen-bond acceptors (Lipinski definition) is 4. The topological polar surface area (TPSA) is 82.5 Å². The van der Waals surface area contributed by atoms with E-state index in [4.69, 9.17) is 5.11 Å². The normalized spacial score (nSPS) is 12.3. The number of fused-ring (bicyclic) bond motifs is 1. The molecular formula is C15H18N2O3. The van der Waals surface area contributed by atoms with Crippen molar-refractivity contribution in [3.63, 3.8) is 0 Å². The van der Waals surface area contributed by atoms with E-state index < -0.39 is 5.97 Å². The lowest BCUT2D eigenvalue weighted by Crippen LogP contribution is -2.12. The maximum atomic E-state index is 11.1. The van der Waals surface area contributed by atoms with Crippen molar-refractivity contribution in [2.45, 2.75) is 25.9 Å². The highest BCUT2D eigenvalue weighted by molar-refractivity contribution is 6.02. The van der Waals surface area contributed by atoms with Crippen LogP contribution in [0, 0.1) is 0 Å². The number of rotatable bonds is 6. The largest absolute Gasteiger partial charge is 0.478 e. The molecule has 5 nitrogen and oxygen atoms in total. The van der Waals surface area contributed by atoms with Crippen LogP contribution >= 0.6 is 0 Å². The third kappa shape index (κ3) is 3.24. The van der Waals surface area contributed by atoms with Gasteiger partial charge in [0.25, 0.3) is 0 Å². The number of nitrogens with one attached hydrogen (secondary N) is 1. The summed E-state index contributed by atoms with van der Waals surface area (Å²) in [5, 5.41) is 22.3. The van der Waals surface area contributed by atoms with Crippen LogP contribution in [0.2, 0.25) is 0 Å². The molecule has 1 unspecified atom stereocenters. The second kappa shape index (κ2) is 6.34. The summed E-state index contributed by atoms with van der Waals surface area (Å²) in [6.07, 6.45) is 1.08. The van der Waals surface area contributed by atoms with Crippen LogP contribution in [0.3, 0.4) is 0 Å². The van der Waals surface area contributed by atoms with Crippen LogP contribution < -0.4 is 5.32 Å². The molecule has 0 aliphatic rings. The first-order valence-corrected chi connectivity index (χ1v) is 6.67. The molecule has 0 spiro atoms. The maximum Gasteiger partial charge on any atom is 0.336 e. The van der Waals surface area contributed by atoms with Crippen LogP contribution in [0.15, 0.2) is 30.3 Å². The fourth-order valence-corrected chi connectivity index (χ4v) is 2.01. The zero-order valence-corrected chi connectivity index (χ0v) is 11.3. The third-order valence-corrected chi connectivity index (χ3v) is 3.22. The van der Waals surface area contributed by atoms with Crippen molar-refractivity contribution < 1.29 is 15.0 Å². The average molecular weight is 274 g/mol. The van der Waals surface area contributed by atoms with Crippen LogP contribution in [0.4, 0.5) is 5.82 Å². The summed E-state index contributed by atoms with van der Waals surface area (Å²) in [6, 6.07) is 8.55. The Labute approximate surface area is 117 Å². The first kappa shape index (κ1) is 14.3. The smallest absolute Gasteiger partial charge is 0.336 e. The summed E-state index contributed by atoms with van der Waals surface area (Å²) in [4.78, 5) is 15.5. The quantitative estimate of drug-likeness (QED) is 0.754. The van der Waals surface area contributed by atoms with Gasteiger partial charge in [0.05, 0.1) is 17.2 Å². The van der Waals surface area contributed by atoms with Crippen molar-refractivity contribution >= 4 is 22.7 Å². The number of carboxylic acids is 1. The van der Waals surface area contributed by atoms with E-state index >= 15 is 0 Å². The van der Waals surface area contributed by atoms with E-state index in [0.717, 1.165) is 6.42 Å². The van der Waals surface area contributed by atoms with E-state index in [9.17, 15) is 9.90 Å². The standard InChI is InChI=1S/C15H18N2O3/c1-2-10(18)8-9-16-14-7-6-11-12(15(19)20)4-3-5-13(11)17-14/h3-7,10,18H,2,8-9H2,1H3,(H,16,17)(H,19,20). The van der Waals surface area contributed by atoms with Gasteiger partial charge in [-0.2, -0.15) is 0 Å². The fourth-order valence-electron chi connectivity index (χ4n) is 2.01. The lowest BCUT2D eigenvalue weighted by atomic mass is 10.1. The number of hydrogen-bond donors (Lipinski definition) is 3. The van der Waals surface area contributed by atoms with E-state index in [-0.39, 0.29) is 11.7 Å². The Balaban J connectivity index is 2.16. The van der Waals surface area contributed by atoms with E-state index in [2.05, 4.69) is 10.3 Å². The van der Waals surface area contributed by atoms with Crippen LogP contribution in [0.25, 0.3) is 10.9 Å². The van der Waals surface area contributed by atoms with Crippen LogP contribution in [0.1, 0.15) is 30.1 Å². The van der Waals surface area contributed by atoms with Crippen molar-refractivity contribution in [2.75, 3.05) is 11.9 Å². The van der Waals surface area contributed by atoms with Crippen molar-refractivity contribution in [1.29, 1.82) is 0 Å². The predicted molar refractivity (Wildman–Crippen MR) is 78.1 cm³/mol. The molecule has 0 fully saturated rings. The molecule has 106 valence electrons. The van der Waals surface area contributed by atoms with Crippen molar-refractivity contribution in [3.8, 4) is 0 Å². The van der Waals surface area contributed by atoms with Gasteiger partial charge in [-0.1, -0.05) is 13.0 Å². The minimum absolute atomic E-state index is 0.253. The molecule has 0 aliphatic heterocycles. The Hall–Kier alpha value is -2.14. The number of anilines is 1. The van der Waals surface area contributed by atoms with Gasteiger partial charge in [0.15, 0.2) is 0 Å². The average Bonchev–Trinajstić information content (AvgIpc) is 2.46. The van der Waals surface area contributed by atoms with Gasteiger partial charge in [0.1, 0.15) is 5.82 Å². The number of aliphatic hydroxyl groups is 1. The minimum Gasteiger partial charge on any atom is -0.478 e. The fraction of sp³-hybridized carbons (Fsp3) is 0.333. The molecule has 1 aromatic carbocycles. The molecule has 0 bridgehead atoms. The van der Waals surface area contributed by atoms with Gasteiger partial charge in [-0.15, -0.1) is 0 Å². The highest BCUT2D eigenvalue weighted by Gasteiger charge is 2.09. The Bertz CT molecular complexity index is 613. The lowest BCUT2D eigenvalue weighted by Gasteiger charge is -2.10. The first-order chi connectivity index (χ1) is 9.61. The number of aromatic carboxylic acids is 1. The van der Waals surface area contributed by atoms with Crippen molar-refractivity contribution in [3.05, 3.63) is 35.9 Å². The van der Waals surface area contributed by atoms with Crippen LogP contribution in [0.5, 0.6) is 0 Å². The summed E-state index contributed by atoms with van der Waals surface area (Å²) in [5.41, 5.74) is 0.897. The summed E-state index contributed by atoms with van der Waals surface area (Å²) in [5.74, 6) is -0.271. The number of carbonyl (C=O) groups is 1. The number of nitrogens with zero attached hydrogens (tertiary/aromatic N) is 1. The Morgan fingerprint density at radius 1 is 1.35 bits per heavy atom. The molecule has 3 N–H and O–H groups in total. The Kier molecular flexibility index (Phi) is 4.53. The molecule has 2 rings (SSSR count). The van der Waals surface area contributed by atoms with Gasteiger partial charge >= 0.3 is 5.97 Å². The Morgan fingerprint density at radius 2 is 2.15 bits per heavy atom. The summed E-state index contributed by atoms with van der Waals surface area (Å²) in [6.45, 7) is 2.57. The van der Waals surface area contributed by atoms with Crippen molar-refractivity contribution in [2.24, 2.45) is 0 Å². The molecule has 0 amide bonds. The molecule has 1 aromatic heterocycles. The van der Waals surface area contributed by atoms with Gasteiger partial charge in [-0.25, -0.2) is 9.78 Å². The van der Waals surface area contributed by atoms with Gasteiger partial charge in [-0.05, 0) is 37.1 Å². The molecule has 20 heavy (non-hydrogen) atoms. The lowest BCUT2D eigenvalue weighted by molar-refractivity contribution is 0.0699. The minimum atomic E-state index is -0.954. The van der Waals surface area contributed by atoms with Gasteiger partial charge in [0.2, 0.25) is 0 Å². The molecule has 0 saturated heterocycles. The zero-order valence-electron chi connectivity index (χ0n) is 11.3. The highest BCUT2D eigenvalue weighted by Crippen LogP contribution is 2.19. The van der Waals surface area contributed by atoms with Gasteiger partial charge in [0, 0.05) is 11.9 Å². The summed E-state index contributed by atoms with van der Waals surface area (Å²) in [7, 11) is 0. The summed E-state index contributed by atoms with van der Waals surface area (Å²) < 4.78 is 0. The van der Waals surface area contributed by atoms with Gasteiger partial charge in [-0.3, -0.25) is 0 Å². The molecule has 1 heterocycles. The number of aromatic nitrogens is 1. The molecule has 0 radical (unpaired) electrons. The predicted octanol–water partition coefficient (Wildman–Crippen LogP) is 2.51. The third-order valence-electron chi connectivity index (χ3n) is 3.22. The molecule has 0 aliphatic carbocycles. The molecule has 0 saturated carbocycles. The first-order valence-electron chi connectivity index (χ1n) is 6.67. The maximum absolute atomic E-state index is 11.1.